The average Bonchev–Trinajstić information content (AvgIpc) is 2.94. The molecule has 0 aromatic heterocycles. The number of nitrogens with zero attached hydrogens (tertiary/aromatic N) is 1. The fourth-order valence-corrected chi connectivity index (χ4v) is 4.23. The first-order valence-electron chi connectivity index (χ1n) is 6.48. The van der Waals surface area contributed by atoms with E-state index >= 15 is 0 Å². The van der Waals surface area contributed by atoms with Gasteiger partial charge in [0.05, 0.1) is 11.5 Å². The van der Waals surface area contributed by atoms with Gasteiger partial charge in [0.1, 0.15) is 0 Å². The molecule has 3 rings (SSSR count). The third kappa shape index (κ3) is 1.92. The molecule has 3 heteroatoms. The highest BCUT2D eigenvalue weighted by Gasteiger charge is 2.51. The molecule has 1 aromatic rings. The Morgan fingerprint density at radius 2 is 2.17 bits per heavy atom. The molecule has 3 atom stereocenters. The first kappa shape index (κ1) is 12.3. The number of halogens is 2. The molecule has 94 valence electrons. The van der Waals surface area contributed by atoms with E-state index in [1.54, 1.807) is 6.07 Å². The van der Waals surface area contributed by atoms with Crippen molar-refractivity contribution >= 4 is 23.2 Å². The summed E-state index contributed by atoms with van der Waals surface area (Å²) in [6.45, 7) is 0. The minimum absolute atomic E-state index is 0.197. The summed E-state index contributed by atoms with van der Waals surface area (Å²) in [5.41, 5.74) is 0.829. The molecule has 0 N–H and O–H groups in total. The van der Waals surface area contributed by atoms with Crippen molar-refractivity contribution in [2.24, 2.45) is 17.3 Å². The molecule has 0 heterocycles. The van der Waals surface area contributed by atoms with E-state index in [-0.39, 0.29) is 5.41 Å². The van der Waals surface area contributed by atoms with E-state index in [1.165, 1.54) is 19.3 Å². The lowest BCUT2D eigenvalue weighted by atomic mass is 9.70. The van der Waals surface area contributed by atoms with Gasteiger partial charge in [0.2, 0.25) is 0 Å². The van der Waals surface area contributed by atoms with Gasteiger partial charge in [-0.15, -0.1) is 0 Å². The predicted octanol–water partition coefficient (Wildman–Crippen LogP) is 4.87. The highest BCUT2D eigenvalue weighted by atomic mass is 35.5. The maximum Gasteiger partial charge on any atom is 0.0696 e. The second-order valence-corrected chi connectivity index (χ2v) is 6.60. The third-order valence-electron chi connectivity index (χ3n) is 4.71. The van der Waals surface area contributed by atoms with E-state index < -0.39 is 0 Å². The molecule has 2 aliphatic carbocycles. The van der Waals surface area contributed by atoms with Crippen LogP contribution in [0.2, 0.25) is 10.0 Å². The van der Waals surface area contributed by atoms with Crippen molar-refractivity contribution in [1.29, 1.82) is 5.26 Å². The van der Waals surface area contributed by atoms with Gasteiger partial charge in [-0.1, -0.05) is 29.6 Å². The van der Waals surface area contributed by atoms with Crippen LogP contribution < -0.4 is 0 Å². The smallest absolute Gasteiger partial charge is 0.0696 e. The van der Waals surface area contributed by atoms with Crippen LogP contribution in [0.5, 0.6) is 0 Å². The van der Waals surface area contributed by atoms with Gasteiger partial charge in [0, 0.05) is 10.0 Å². The van der Waals surface area contributed by atoms with Crippen LogP contribution in [0.15, 0.2) is 18.2 Å². The number of nitriles is 1. The fraction of sp³-hybridized carbons (Fsp3) is 0.533. The fourth-order valence-electron chi connectivity index (χ4n) is 3.86. The molecule has 3 unspecified atom stereocenters. The average molecular weight is 280 g/mol. The lowest BCUT2D eigenvalue weighted by Gasteiger charge is -2.31. The monoisotopic (exact) mass is 279 g/mol. The number of hydrogen-bond donors (Lipinski definition) is 0. The minimum atomic E-state index is -0.197. The van der Waals surface area contributed by atoms with Crippen molar-refractivity contribution in [3.8, 4) is 6.07 Å². The standard InChI is InChI=1S/C15H15Cl2N/c16-13-3-4-14(17)11(6-13)8-15(9-18)7-10-1-2-12(15)5-10/h3-4,6,10,12H,1-2,5,7-8H2. The Morgan fingerprint density at radius 1 is 1.33 bits per heavy atom. The lowest BCUT2D eigenvalue weighted by Crippen LogP contribution is -2.28. The molecule has 0 spiro atoms. The number of benzene rings is 1. The predicted molar refractivity (Wildman–Crippen MR) is 73.7 cm³/mol. The summed E-state index contributed by atoms with van der Waals surface area (Å²) in [5.74, 6) is 1.31. The van der Waals surface area contributed by atoms with E-state index in [9.17, 15) is 5.26 Å². The van der Waals surface area contributed by atoms with Crippen LogP contribution in [-0.4, -0.2) is 0 Å². The molecule has 0 radical (unpaired) electrons. The topological polar surface area (TPSA) is 23.8 Å². The molecular formula is C15H15Cl2N. The molecule has 2 saturated carbocycles. The van der Waals surface area contributed by atoms with Crippen LogP contribution in [0.1, 0.15) is 31.2 Å². The second kappa shape index (κ2) is 4.44. The summed E-state index contributed by atoms with van der Waals surface area (Å²) in [4.78, 5) is 0. The number of rotatable bonds is 2. The Labute approximate surface area is 118 Å². The van der Waals surface area contributed by atoms with E-state index in [0.717, 1.165) is 29.3 Å². The van der Waals surface area contributed by atoms with Crippen LogP contribution in [0.25, 0.3) is 0 Å². The zero-order chi connectivity index (χ0) is 12.8. The Bertz CT molecular complexity index is 520. The SMILES string of the molecule is N#CC1(Cc2cc(Cl)ccc2Cl)CC2CCC1C2. The van der Waals surface area contributed by atoms with Crippen molar-refractivity contribution in [2.75, 3.05) is 0 Å². The lowest BCUT2D eigenvalue weighted by molar-refractivity contribution is 0.239. The van der Waals surface area contributed by atoms with Gasteiger partial charge in [-0.05, 0) is 61.3 Å². The Balaban J connectivity index is 1.91. The molecular weight excluding hydrogens is 265 g/mol. The highest BCUT2D eigenvalue weighted by molar-refractivity contribution is 6.33. The van der Waals surface area contributed by atoms with Gasteiger partial charge in [-0.3, -0.25) is 0 Å². The molecule has 0 amide bonds. The first-order valence-corrected chi connectivity index (χ1v) is 7.24. The largest absolute Gasteiger partial charge is 0.198 e. The Morgan fingerprint density at radius 3 is 2.78 bits per heavy atom. The Kier molecular flexibility index (Phi) is 3.04. The molecule has 2 aliphatic rings. The Hall–Kier alpha value is -0.710. The van der Waals surface area contributed by atoms with E-state index in [4.69, 9.17) is 23.2 Å². The van der Waals surface area contributed by atoms with Crippen molar-refractivity contribution in [3.63, 3.8) is 0 Å². The van der Waals surface area contributed by atoms with Gasteiger partial charge in [-0.2, -0.15) is 5.26 Å². The normalized spacial score (nSPS) is 33.6. The van der Waals surface area contributed by atoms with Crippen LogP contribution >= 0.6 is 23.2 Å². The zero-order valence-corrected chi connectivity index (χ0v) is 11.6. The molecule has 0 aliphatic heterocycles. The number of hydrogen-bond acceptors (Lipinski definition) is 1. The van der Waals surface area contributed by atoms with Crippen LogP contribution in [0.3, 0.4) is 0 Å². The molecule has 18 heavy (non-hydrogen) atoms. The van der Waals surface area contributed by atoms with Gasteiger partial charge in [0.25, 0.3) is 0 Å². The minimum Gasteiger partial charge on any atom is -0.198 e. The third-order valence-corrected chi connectivity index (χ3v) is 5.32. The highest BCUT2D eigenvalue weighted by Crippen LogP contribution is 2.57. The summed E-state index contributed by atoms with van der Waals surface area (Å²) in [5, 5.41) is 11.1. The summed E-state index contributed by atoms with van der Waals surface area (Å²) in [6, 6.07) is 8.14. The molecule has 2 bridgehead atoms. The van der Waals surface area contributed by atoms with Gasteiger partial charge >= 0.3 is 0 Å². The van der Waals surface area contributed by atoms with Gasteiger partial charge in [0.15, 0.2) is 0 Å². The molecule has 2 fully saturated rings. The summed E-state index contributed by atoms with van der Waals surface area (Å²) >= 11 is 12.3. The maximum absolute atomic E-state index is 9.63. The second-order valence-electron chi connectivity index (χ2n) is 5.76. The van der Waals surface area contributed by atoms with Crippen molar-refractivity contribution in [2.45, 2.75) is 32.1 Å². The summed E-state index contributed by atoms with van der Waals surface area (Å²) in [6.07, 6.45) is 5.53. The van der Waals surface area contributed by atoms with Crippen molar-refractivity contribution in [3.05, 3.63) is 33.8 Å². The van der Waals surface area contributed by atoms with Crippen molar-refractivity contribution < 1.29 is 0 Å². The summed E-state index contributed by atoms with van der Waals surface area (Å²) < 4.78 is 0. The van der Waals surface area contributed by atoms with Gasteiger partial charge < -0.3 is 0 Å². The first-order chi connectivity index (χ1) is 8.63. The molecule has 1 aromatic carbocycles. The summed E-state index contributed by atoms with van der Waals surface area (Å²) in [7, 11) is 0. The molecule has 1 nitrogen and oxygen atoms in total. The zero-order valence-electron chi connectivity index (χ0n) is 10.1. The quantitative estimate of drug-likeness (QED) is 0.758. The van der Waals surface area contributed by atoms with Crippen LogP contribution in [0.4, 0.5) is 0 Å². The van der Waals surface area contributed by atoms with E-state index in [1.807, 2.05) is 12.1 Å². The van der Waals surface area contributed by atoms with Gasteiger partial charge in [-0.25, -0.2) is 0 Å². The van der Waals surface area contributed by atoms with Crippen molar-refractivity contribution in [1.82, 2.24) is 0 Å². The van der Waals surface area contributed by atoms with E-state index in [0.29, 0.717) is 10.9 Å². The number of fused-ring (bicyclic) bond motifs is 2. The van der Waals surface area contributed by atoms with Crippen LogP contribution in [0, 0.1) is 28.6 Å². The maximum atomic E-state index is 9.63. The van der Waals surface area contributed by atoms with Crippen LogP contribution in [-0.2, 0) is 6.42 Å². The molecule has 0 saturated heterocycles. The van der Waals surface area contributed by atoms with E-state index in [2.05, 4.69) is 6.07 Å².